The van der Waals surface area contributed by atoms with Gasteiger partial charge in [-0.15, -0.1) is 0 Å². The number of hydrogen-bond acceptors (Lipinski definition) is 5. The van der Waals surface area contributed by atoms with Gasteiger partial charge in [-0.2, -0.15) is 0 Å². The summed E-state index contributed by atoms with van der Waals surface area (Å²) >= 11 is 0. The Balaban J connectivity index is 1.63. The number of ketones is 1. The van der Waals surface area contributed by atoms with Crippen molar-refractivity contribution >= 4 is 23.5 Å². The number of aromatic nitrogens is 1. The van der Waals surface area contributed by atoms with Gasteiger partial charge in [0.25, 0.3) is 0 Å². The zero-order valence-corrected chi connectivity index (χ0v) is 15.7. The SMILES string of the molecule is CCNC(=O)N1CCC(Nc2ccc(C(=O)c3ccccc3F)c(N)n2)CC1. The first-order valence-corrected chi connectivity index (χ1v) is 9.34. The van der Waals surface area contributed by atoms with E-state index in [0.29, 0.717) is 25.5 Å². The van der Waals surface area contributed by atoms with Gasteiger partial charge < -0.3 is 21.3 Å². The molecule has 7 nitrogen and oxygen atoms in total. The number of likely N-dealkylation sites (tertiary alicyclic amines) is 1. The van der Waals surface area contributed by atoms with E-state index in [0.717, 1.165) is 12.8 Å². The fourth-order valence-corrected chi connectivity index (χ4v) is 3.24. The number of nitrogens with one attached hydrogen (secondary N) is 2. The summed E-state index contributed by atoms with van der Waals surface area (Å²) in [5, 5.41) is 6.10. The molecule has 1 fully saturated rings. The zero-order chi connectivity index (χ0) is 20.1. The molecule has 2 aromatic rings. The Kier molecular flexibility index (Phi) is 6.08. The first-order valence-electron chi connectivity index (χ1n) is 9.34. The summed E-state index contributed by atoms with van der Waals surface area (Å²) in [5.41, 5.74) is 6.09. The van der Waals surface area contributed by atoms with Crippen LogP contribution in [0.3, 0.4) is 0 Å². The van der Waals surface area contributed by atoms with E-state index in [4.69, 9.17) is 5.73 Å². The molecule has 148 valence electrons. The average Bonchev–Trinajstić information content (AvgIpc) is 2.69. The van der Waals surface area contributed by atoms with E-state index < -0.39 is 11.6 Å². The van der Waals surface area contributed by atoms with Crippen LogP contribution in [0.15, 0.2) is 36.4 Å². The van der Waals surface area contributed by atoms with Gasteiger partial charge in [0.15, 0.2) is 5.78 Å². The number of nitrogens with zero attached hydrogens (tertiary/aromatic N) is 2. The molecule has 0 aliphatic carbocycles. The largest absolute Gasteiger partial charge is 0.383 e. The molecule has 1 aromatic carbocycles. The first-order chi connectivity index (χ1) is 13.5. The zero-order valence-electron chi connectivity index (χ0n) is 15.7. The molecule has 2 heterocycles. The summed E-state index contributed by atoms with van der Waals surface area (Å²) in [6.45, 7) is 3.81. The van der Waals surface area contributed by atoms with Crippen molar-refractivity contribution in [2.45, 2.75) is 25.8 Å². The van der Waals surface area contributed by atoms with Gasteiger partial charge in [-0.25, -0.2) is 14.2 Å². The molecule has 1 aliphatic heterocycles. The minimum absolute atomic E-state index is 0.0329. The minimum Gasteiger partial charge on any atom is -0.383 e. The van der Waals surface area contributed by atoms with E-state index >= 15 is 0 Å². The topological polar surface area (TPSA) is 100 Å². The number of carbonyl (C=O) groups is 2. The summed E-state index contributed by atoms with van der Waals surface area (Å²) in [7, 11) is 0. The van der Waals surface area contributed by atoms with Gasteiger partial charge in [-0.3, -0.25) is 4.79 Å². The second-order valence-corrected chi connectivity index (χ2v) is 6.68. The quantitative estimate of drug-likeness (QED) is 0.687. The van der Waals surface area contributed by atoms with Crippen molar-refractivity contribution < 1.29 is 14.0 Å². The molecule has 1 saturated heterocycles. The van der Waals surface area contributed by atoms with E-state index in [1.54, 1.807) is 23.1 Å². The standard InChI is InChI=1S/C20H24FN5O2/c1-2-23-20(28)26-11-9-13(10-12-26)24-17-8-7-15(19(22)25-17)18(27)14-5-3-4-6-16(14)21/h3-8,13H,2,9-12H2,1H3,(H,23,28)(H3,22,24,25). The van der Waals surface area contributed by atoms with Crippen LogP contribution in [-0.2, 0) is 0 Å². The minimum atomic E-state index is -0.590. The third-order valence-corrected chi connectivity index (χ3v) is 4.75. The van der Waals surface area contributed by atoms with Crippen LogP contribution in [0.25, 0.3) is 0 Å². The highest BCUT2D eigenvalue weighted by Crippen LogP contribution is 2.21. The van der Waals surface area contributed by atoms with Crippen LogP contribution in [0.2, 0.25) is 0 Å². The predicted octanol–water partition coefficient (Wildman–Crippen LogP) is 2.64. The maximum absolute atomic E-state index is 13.9. The Hall–Kier alpha value is -3.16. The number of halogens is 1. The van der Waals surface area contributed by atoms with Crippen LogP contribution in [0.1, 0.15) is 35.7 Å². The van der Waals surface area contributed by atoms with Crippen LogP contribution in [0, 0.1) is 5.82 Å². The lowest BCUT2D eigenvalue weighted by Crippen LogP contribution is -2.46. The molecule has 0 bridgehead atoms. The van der Waals surface area contributed by atoms with Crippen LogP contribution in [0.5, 0.6) is 0 Å². The first kappa shape index (κ1) is 19.6. The Morgan fingerprint density at radius 3 is 2.54 bits per heavy atom. The monoisotopic (exact) mass is 385 g/mol. The lowest BCUT2D eigenvalue weighted by molar-refractivity contribution is 0.103. The van der Waals surface area contributed by atoms with Crippen LogP contribution >= 0.6 is 0 Å². The molecule has 0 spiro atoms. The summed E-state index contributed by atoms with van der Waals surface area (Å²) in [6.07, 6.45) is 1.57. The summed E-state index contributed by atoms with van der Waals surface area (Å²) in [6, 6.07) is 9.13. The number of anilines is 2. The maximum atomic E-state index is 13.9. The van der Waals surface area contributed by atoms with Gasteiger partial charge in [0.05, 0.1) is 11.1 Å². The van der Waals surface area contributed by atoms with Crippen molar-refractivity contribution in [3.63, 3.8) is 0 Å². The smallest absolute Gasteiger partial charge is 0.317 e. The normalized spacial score (nSPS) is 14.6. The van der Waals surface area contributed by atoms with Crippen LogP contribution in [0.4, 0.5) is 20.8 Å². The lowest BCUT2D eigenvalue weighted by Gasteiger charge is -2.32. The number of nitrogen functional groups attached to an aromatic ring is 1. The molecule has 3 rings (SSSR count). The Morgan fingerprint density at radius 1 is 1.18 bits per heavy atom. The second-order valence-electron chi connectivity index (χ2n) is 6.68. The van der Waals surface area contributed by atoms with Crippen molar-refractivity contribution in [2.24, 2.45) is 0 Å². The number of hydrogen-bond donors (Lipinski definition) is 3. The number of piperidine rings is 1. The molecule has 2 amide bonds. The van der Waals surface area contributed by atoms with Gasteiger partial charge in [0, 0.05) is 25.7 Å². The summed E-state index contributed by atoms with van der Waals surface area (Å²) < 4.78 is 13.9. The number of pyridine rings is 1. The lowest BCUT2D eigenvalue weighted by atomic mass is 10.0. The molecule has 0 atom stereocenters. The van der Waals surface area contributed by atoms with Crippen molar-refractivity contribution in [3.05, 3.63) is 53.3 Å². The highest BCUT2D eigenvalue weighted by molar-refractivity contribution is 6.11. The highest BCUT2D eigenvalue weighted by atomic mass is 19.1. The number of carbonyl (C=O) groups excluding carboxylic acids is 2. The molecule has 8 heteroatoms. The average molecular weight is 385 g/mol. The van der Waals surface area contributed by atoms with Crippen LogP contribution < -0.4 is 16.4 Å². The van der Waals surface area contributed by atoms with E-state index in [1.165, 1.54) is 18.2 Å². The molecule has 1 aliphatic rings. The molecule has 0 unspecified atom stereocenters. The van der Waals surface area contributed by atoms with Crippen molar-refractivity contribution in [1.82, 2.24) is 15.2 Å². The fraction of sp³-hybridized carbons (Fsp3) is 0.350. The fourth-order valence-electron chi connectivity index (χ4n) is 3.24. The van der Waals surface area contributed by atoms with Gasteiger partial charge in [0.2, 0.25) is 0 Å². The Morgan fingerprint density at radius 2 is 1.89 bits per heavy atom. The number of amides is 2. The predicted molar refractivity (Wildman–Crippen MR) is 106 cm³/mol. The Labute approximate surface area is 163 Å². The van der Waals surface area contributed by atoms with E-state index in [1.807, 2.05) is 6.92 Å². The Bertz CT molecular complexity index is 865. The molecular weight excluding hydrogens is 361 g/mol. The van der Waals surface area contributed by atoms with E-state index in [9.17, 15) is 14.0 Å². The van der Waals surface area contributed by atoms with E-state index in [-0.39, 0.29) is 29.0 Å². The van der Waals surface area contributed by atoms with Gasteiger partial charge in [-0.05, 0) is 44.0 Å². The summed E-state index contributed by atoms with van der Waals surface area (Å²) in [5.74, 6) is -0.477. The van der Waals surface area contributed by atoms with Crippen molar-refractivity contribution in [3.8, 4) is 0 Å². The van der Waals surface area contributed by atoms with Crippen molar-refractivity contribution in [2.75, 3.05) is 30.7 Å². The molecule has 28 heavy (non-hydrogen) atoms. The van der Waals surface area contributed by atoms with Crippen LogP contribution in [-0.4, -0.2) is 47.4 Å². The molecule has 4 N–H and O–H groups in total. The van der Waals surface area contributed by atoms with Gasteiger partial charge in [0.1, 0.15) is 17.5 Å². The van der Waals surface area contributed by atoms with Crippen molar-refractivity contribution in [1.29, 1.82) is 0 Å². The number of nitrogens with two attached hydrogens (primary N) is 1. The maximum Gasteiger partial charge on any atom is 0.317 e. The third kappa shape index (κ3) is 4.39. The number of rotatable bonds is 5. The van der Waals surface area contributed by atoms with E-state index in [2.05, 4.69) is 15.6 Å². The molecule has 1 aromatic heterocycles. The number of urea groups is 1. The molecule has 0 radical (unpaired) electrons. The van der Waals surface area contributed by atoms with Gasteiger partial charge in [-0.1, -0.05) is 12.1 Å². The molecular formula is C20H24FN5O2. The third-order valence-electron chi connectivity index (χ3n) is 4.75. The van der Waals surface area contributed by atoms with Gasteiger partial charge >= 0.3 is 6.03 Å². The molecule has 0 saturated carbocycles. The number of benzene rings is 1. The second kappa shape index (κ2) is 8.69. The summed E-state index contributed by atoms with van der Waals surface area (Å²) in [4.78, 5) is 30.4. The highest BCUT2D eigenvalue weighted by Gasteiger charge is 2.23.